The standard InChI is InChI=1S/C12H13Cl2N3/c13-8-3-5-17-10(6-8)12(14)16-11(17)7-9-2-1-4-15-9/h3,5-6,9,15H,1-2,4,7H2. The average molecular weight is 270 g/mol. The summed E-state index contributed by atoms with van der Waals surface area (Å²) in [5.74, 6) is 1.00. The predicted molar refractivity (Wildman–Crippen MR) is 69.9 cm³/mol. The second-order valence-corrected chi connectivity index (χ2v) is 5.21. The second kappa shape index (κ2) is 4.48. The molecule has 2 aromatic heterocycles. The van der Waals surface area contributed by atoms with Gasteiger partial charge in [-0.05, 0) is 31.5 Å². The van der Waals surface area contributed by atoms with Crippen LogP contribution in [0.2, 0.25) is 10.2 Å². The van der Waals surface area contributed by atoms with E-state index in [0.717, 1.165) is 24.3 Å². The fourth-order valence-corrected chi connectivity index (χ4v) is 2.78. The van der Waals surface area contributed by atoms with E-state index >= 15 is 0 Å². The van der Waals surface area contributed by atoms with E-state index < -0.39 is 0 Å². The molecule has 3 heterocycles. The first-order valence-electron chi connectivity index (χ1n) is 5.79. The Bertz CT molecular complexity index is 544. The molecule has 1 aliphatic rings. The van der Waals surface area contributed by atoms with Crippen LogP contribution < -0.4 is 5.32 Å². The van der Waals surface area contributed by atoms with Crippen molar-refractivity contribution in [2.24, 2.45) is 0 Å². The summed E-state index contributed by atoms with van der Waals surface area (Å²) in [4.78, 5) is 4.42. The molecule has 0 saturated carbocycles. The maximum atomic E-state index is 6.12. The van der Waals surface area contributed by atoms with E-state index in [-0.39, 0.29) is 0 Å². The largest absolute Gasteiger partial charge is 0.314 e. The van der Waals surface area contributed by atoms with Gasteiger partial charge in [-0.25, -0.2) is 4.98 Å². The van der Waals surface area contributed by atoms with Crippen molar-refractivity contribution in [1.29, 1.82) is 0 Å². The Hall–Kier alpha value is -0.770. The molecule has 0 bridgehead atoms. The fraction of sp³-hybridized carbons (Fsp3) is 0.417. The first kappa shape index (κ1) is 11.3. The summed E-state index contributed by atoms with van der Waals surface area (Å²) < 4.78 is 2.02. The molecule has 0 amide bonds. The molecule has 5 heteroatoms. The smallest absolute Gasteiger partial charge is 0.155 e. The number of hydrogen-bond donors (Lipinski definition) is 1. The van der Waals surface area contributed by atoms with Gasteiger partial charge in [-0.3, -0.25) is 0 Å². The van der Waals surface area contributed by atoms with Crippen LogP contribution in [0.25, 0.3) is 5.52 Å². The molecule has 0 spiro atoms. The van der Waals surface area contributed by atoms with Gasteiger partial charge in [-0.2, -0.15) is 0 Å². The van der Waals surface area contributed by atoms with Crippen LogP contribution in [0, 0.1) is 0 Å². The van der Waals surface area contributed by atoms with Crippen LogP contribution in [0.5, 0.6) is 0 Å². The summed E-state index contributed by atoms with van der Waals surface area (Å²) >= 11 is 12.1. The number of aromatic nitrogens is 2. The van der Waals surface area contributed by atoms with E-state index in [0.29, 0.717) is 16.2 Å². The third kappa shape index (κ3) is 2.15. The third-order valence-corrected chi connectivity index (χ3v) is 3.74. The number of pyridine rings is 1. The Morgan fingerprint density at radius 3 is 3.12 bits per heavy atom. The first-order chi connectivity index (χ1) is 8.24. The number of fused-ring (bicyclic) bond motifs is 1. The topological polar surface area (TPSA) is 29.3 Å². The fourth-order valence-electron chi connectivity index (χ4n) is 2.38. The van der Waals surface area contributed by atoms with Crippen molar-refractivity contribution in [2.75, 3.05) is 6.54 Å². The number of halogens is 2. The van der Waals surface area contributed by atoms with Crippen LogP contribution in [0.1, 0.15) is 18.7 Å². The Morgan fingerprint density at radius 1 is 1.47 bits per heavy atom. The molecule has 0 aliphatic carbocycles. The van der Waals surface area contributed by atoms with Crippen LogP contribution in [0.4, 0.5) is 0 Å². The van der Waals surface area contributed by atoms with Crippen LogP contribution in [-0.4, -0.2) is 22.0 Å². The molecule has 0 radical (unpaired) electrons. The monoisotopic (exact) mass is 269 g/mol. The average Bonchev–Trinajstić information content (AvgIpc) is 2.89. The van der Waals surface area contributed by atoms with Crippen LogP contribution in [0.3, 0.4) is 0 Å². The van der Waals surface area contributed by atoms with Crippen molar-refractivity contribution >= 4 is 28.7 Å². The normalized spacial score (nSPS) is 20.2. The zero-order valence-corrected chi connectivity index (χ0v) is 10.8. The molecular formula is C12H13Cl2N3. The van der Waals surface area contributed by atoms with E-state index in [2.05, 4.69) is 10.3 Å². The van der Waals surface area contributed by atoms with Crippen molar-refractivity contribution in [2.45, 2.75) is 25.3 Å². The van der Waals surface area contributed by atoms with E-state index in [4.69, 9.17) is 23.2 Å². The van der Waals surface area contributed by atoms with Crippen molar-refractivity contribution < 1.29 is 0 Å². The summed E-state index contributed by atoms with van der Waals surface area (Å²) in [6.45, 7) is 1.10. The SMILES string of the molecule is Clc1ccn2c(CC3CCCN3)nc(Cl)c2c1. The molecule has 1 aliphatic heterocycles. The molecule has 1 saturated heterocycles. The van der Waals surface area contributed by atoms with Gasteiger partial charge >= 0.3 is 0 Å². The van der Waals surface area contributed by atoms with Crippen molar-refractivity contribution in [1.82, 2.24) is 14.7 Å². The molecule has 3 rings (SSSR count). The van der Waals surface area contributed by atoms with Crippen LogP contribution >= 0.6 is 23.2 Å². The lowest BCUT2D eigenvalue weighted by Gasteiger charge is -2.08. The number of nitrogens with zero attached hydrogens (tertiary/aromatic N) is 2. The summed E-state index contributed by atoms with van der Waals surface area (Å²) in [6, 6.07) is 4.23. The summed E-state index contributed by atoms with van der Waals surface area (Å²) in [5.41, 5.74) is 0.882. The highest BCUT2D eigenvalue weighted by atomic mass is 35.5. The Balaban J connectivity index is 1.98. The van der Waals surface area contributed by atoms with Crippen LogP contribution in [0.15, 0.2) is 18.3 Å². The Labute approximate surface area is 110 Å². The molecule has 1 N–H and O–H groups in total. The van der Waals surface area contributed by atoms with Gasteiger partial charge in [0.25, 0.3) is 0 Å². The van der Waals surface area contributed by atoms with Crippen molar-refractivity contribution in [3.05, 3.63) is 34.3 Å². The minimum absolute atomic E-state index is 0.521. The lowest BCUT2D eigenvalue weighted by atomic mass is 10.1. The molecule has 90 valence electrons. The minimum atomic E-state index is 0.521. The van der Waals surface area contributed by atoms with Gasteiger partial charge in [0, 0.05) is 23.7 Å². The van der Waals surface area contributed by atoms with Gasteiger partial charge in [0.05, 0.1) is 5.52 Å². The molecular weight excluding hydrogens is 257 g/mol. The van der Waals surface area contributed by atoms with Crippen molar-refractivity contribution in [3.63, 3.8) is 0 Å². The highest BCUT2D eigenvalue weighted by molar-refractivity contribution is 6.34. The van der Waals surface area contributed by atoms with Crippen molar-refractivity contribution in [3.8, 4) is 0 Å². The van der Waals surface area contributed by atoms with Gasteiger partial charge < -0.3 is 9.72 Å². The molecule has 2 aromatic rings. The molecule has 1 unspecified atom stereocenters. The maximum absolute atomic E-state index is 6.12. The van der Waals surface area contributed by atoms with Gasteiger partial charge in [-0.1, -0.05) is 23.2 Å². The van der Waals surface area contributed by atoms with Crippen LogP contribution in [-0.2, 0) is 6.42 Å². The predicted octanol–water partition coefficient (Wildman–Crippen LogP) is 2.94. The maximum Gasteiger partial charge on any atom is 0.155 e. The summed E-state index contributed by atoms with van der Waals surface area (Å²) in [7, 11) is 0. The zero-order valence-electron chi connectivity index (χ0n) is 9.29. The second-order valence-electron chi connectivity index (χ2n) is 4.42. The molecule has 1 atom stereocenters. The van der Waals surface area contributed by atoms with Gasteiger partial charge in [0.15, 0.2) is 5.15 Å². The quantitative estimate of drug-likeness (QED) is 0.909. The zero-order chi connectivity index (χ0) is 11.8. The summed E-state index contributed by atoms with van der Waals surface area (Å²) in [6.07, 6.45) is 5.30. The lowest BCUT2D eigenvalue weighted by molar-refractivity contribution is 0.584. The Morgan fingerprint density at radius 2 is 2.35 bits per heavy atom. The minimum Gasteiger partial charge on any atom is -0.314 e. The van der Waals surface area contributed by atoms with E-state index in [9.17, 15) is 0 Å². The van der Waals surface area contributed by atoms with E-state index in [1.165, 1.54) is 12.8 Å². The number of rotatable bonds is 2. The molecule has 17 heavy (non-hydrogen) atoms. The summed E-state index contributed by atoms with van der Waals surface area (Å²) in [5, 5.41) is 4.68. The highest BCUT2D eigenvalue weighted by Gasteiger charge is 2.18. The number of nitrogens with one attached hydrogen (secondary N) is 1. The Kier molecular flexibility index (Phi) is 2.99. The van der Waals surface area contributed by atoms with Gasteiger partial charge in [-0.15, -0.1) is 0 Å². The molecule has 0 aromatic carbocycles. The highest BCUT2D eigenvalue weighted by Crippen LogP contribution is 2.23. The third-order valence-electron chi connectivity index (χ3n) is 3.22. The van der Waals surface area contributed by atoms with Gasteiger partial charge in [0.2, 0.25) is 0 Å². The van der Waals surface area contributed by atoms with E-state index in [1.54, 1.807) is 0 Å². The first-order valence-corrected chi connectivity index (χ1v) is 6.55. The van der Waals surface area contributed by atoms with Gasteiger partial charge in [0.1, 0.15) is 5.82 Å². The molecule has 1 fully saturated rings. The number of hydrogen-bond acceptors (Lipinski definition) is 2. The number of imidazole rings is 1. The van der Waals surface area contributed by atoms with E-state index in [1.807, 2.05) is 22.7 Å². The lowest BCUT2D eigenvalue weighted by Crippen LogP contribution is -2.24. The molecule has 3 nitrogen and oxygen atoms in total.